The van der Waals surface area contributed by atoms with Gasteiger partial charge in [-0.1, -0.05) is 34.1 Å². The van der Waals surface area contributed by atoms with E-state index in [0.29, 0.717) is 84.0 Å². The number of rotatable bonds is 35. The minimum absolute atomic E-state index is 0.00721. The monoisotopic (exact) mass is 899 g/mol. The van der Waals surface area contributed by atoms with Crippen LogP contribution < -0.4 is 65.9 Å². The lowest BCUT2D eigenvalue weighted by molar-refractivity contribution is -0.142. The van der Waals surface area contributed by atoms with Gasteiger partial charge in [-0.15, -0.1) is 0 Å². The number of hydrogen-bond acceptors (Lipinski definition) is 13. The molecule has 0 saturated carbocycles. The Morgan fingerprint density at radius 1 is 0.381 bits per heavy atom. The molecule has 0 fully saturated rings. The summed E-state index contributed by atoms with van der Waals surface area (Å²) >= 11 is 0. The van der Waals surface area contributed by atoms with Crippen LogP contribution in [0.5, 0.6) is 0 Å². The van der Waals surface area contributed by atoms with Gasteiger partial charge in [-0.05, 0) is 135 Å². The zero-order chi connectivity index (χ0) is 48.1. The highest BCUT2D eigenvalue weighted by atomic mass is 16.4. The molecule has 21 nitrogen and oxygen atoms in total. The van der Waals surface area contributed by atoms with E-state index in [2.05, 4.69) is 37.2 Å². The fourth-order valence-corrected chi connectivity index (χ4v) is 6.49. The molecule has 0 aliphatic rings. The number of nitrogens with two attached hydrogens (primary N) is 5. The van der Waals surface area contributed by atoms with Gasteiger partial charge in [-0.3, -0.25) is 33.6 Å². The Kier molecular flexibility index (Phi) is 30.8. The molecule has 8 atom stereocenters. The van der Waals surface area contributed by atoms with Crippen LogP contribution in [0.15, 0.2) is 0 Å². The Hall–Kier alpha value is -4.44. The molecule has 0 aliphatic heterocycles. The van der Waals surface area contributed by atoms with Crippen LogP contribution in [0, 0.1) is 11.8 Å². The van der Waals surface area contributed by atoms with Gasteiger partial charge in [0.25, 0.3) is 0 Å². The van der Waals surface area contributed by atoms with Crippen molar-refractivity contribution in [2.45, 2.75) is 180 Å². The number of amides is 7. The summed E-state index contributed by atoms with van der Waals surface area (Å²) in [5.41, 5.74) is 28.4. The van der Waals surface area contributed by atoms with Gasteiger partial charge >= 0.3 is 5.97 Å². The summed E-state index contributed by atoms with van der Waals surface area (Å²) in [5, 5.41) is 28.1. The van der Waals surface area contributed by atoms with Crippen LogP contribution in [-0.4, -0.2) is 127 Å². The van der Waals surface area contributed by atoms with Crippen LogP contribution in [0.25, 0.3) is 0 Å². The topological polar surface area (TPSA) is 371 Å². The van der Waals surface area contributed by atoms with Crippen LogP contribution in [0.1, 0.15) is 131 Å². The zero-order valence-electron chi connectivity index (χ0n) is 38.6. The minimum Gasteiger partial charge on any atom is -0.480 e. The Balaban J connectivity index is 5.99. The van der Waals surface area contributed by atoms with Crippen molar-refractivity contribution in [3.63, 3.8) is 0 Å². The third kappa shape index (κ3) is 25.4. The van der Waals surface area contributed by atoms with Gasteiger partial charge in [-0.2, -0.15) is 0 Å². The van der Waals surface area contributed by atoms with E-state index in [4.69, 9.17) is 28.7 Å². The second kappa shape index (κ2) is 33.1. The van der Waals surface area contributed by atoms with Crippen molar-refractivity contribution in [1.82, 2.24) is 37.2 Å². The lowest BCUT2D eigenvalue weighted by Crippen LogP contribution is -2.59. The van der Waals surface area contributed by atoms with Crippen molar-refractivity contribution >= 4 is 47.3 Å². The molecule has 0 heterocycles. The van der Waals surface area contributed by atoms with Crippen LogP contribution in [-0.2, 0) is 38.4 Å². The van der Waals surface area contributed by atoms with Gasteiger partial charge in [0.2, 0.25) is 41.4 Å². The zero-order valence-corrected chi connectivity index (χ0v) is 38.6. The van der Waals surface area contributed by atoms with E-state index in [1.54, 1.807) is 0 Å². The quantitative estimate of drug-likeness (QED) is 0.0320. The number of unbranched alkanes of at least 4 members (excludes halogenated alkanes) is 4. The highest BCUT2D eigenvalue weighted by Gasteiger charge is 2.33. The average Bonchev–Trinajstić information content (AvgIpc) is 3.21. The van der Waals surface area contributed by atoms with Gasteiger partial charge in [0.05, 0.1) is 6.04 Å². The van der Waals surface area contributed by atoms with Crippen molar-refractivity contribution in [1.29, 1.82) is 0 Å². The highest BCUT2D eigenvalue weighted by Crippen LogP contribution is 2.11. The summed E-state index contributed by atoms with van der Waals surface area (Å²) in [6.45, 7) is 11.8. The van der Waals surface area contributed by atoms with Crippen molar-refractivity contribution < 1.29 is 43.5 Å². The maximum absolute atomic E-state index is 13.8. The molecular formula is C42H82N12O9. The van der Waals surface area contributed by atoms with E-state index in [9.17, 15) is 43.5 Å². The largest absolute Gasteiger partial charge is 0.480 e. The number of aliphatic carboxylic acids is 1. The number of carboxylic acids is 1. The molecule has 0 aromatic carbocycles. The fourth-order valence-electron chi connectivity index (χ4n) is 6.49. The van der Waals surface area contributed by atoms with Gasteiger partial charge in [0.1, 0.15) is 42.3 Å². The molecule has 0 aromatic rings. The van der Waals surface area contributed by atoms with E-state index in [1.807, 2.05) is 27.7 Å². The Morgan fingerprint density at radius 3 is 1.00 bits per heavy atom. The molecule has 0 unspecified atom stereocenters. The first-order chi connectivity index (χ1) is 29.7. The molecule has 0 radical (unpaired) electrons. The summed E-state index contributed by atoms with van der Waals surface area (Å²) in [4.78, 5) is 106. The molecule has 0 aliphatic carbocycles. The molecule has 364 valence electrons. The molecule has 7 amide bonds. The molecule has 0 aromatic heterocycles. The lowest BCUT2D eigenvalue weighted by Gasteiger charge is -2.27. The highest BCUT2D eigenvalue weighted by molar-refractivity contribution is 5.97. The molecule has 0 rings (SSSR count). The van der Waals surface area contributed by atoms with E-state index < -0.39 is 95.7 Å². The SMILES string of the molecule is CC(C)C[C@H](NC(=O)[C@H](CCCCN)NC(=O)[C@H](C)NC(=O)[C@H](CC(C)C)NC(=O)[C@@H](N)CCCCN)C(=O)N[C@@H](C)C(=O)N[C@@H](CCCCN)C(=O)N[C@@H](CCCCN)C(=O)O. The maximum Gasteiger partial charge on any atom is 0.326 e. The summed E-state index contributed by atoms with van der Waals surface area (Å²) < 4.78 is 0. The molecule has 21 heteroatoms. The van der Waals surface area contributed by atoms with Crippen LogP contribution in [0.3, 0.4) is 0 Å². The van der Waals surface area contributed by atoms with Crippen molar-refractivity contribution in [2.75, 3.05) is 26.2 Å². The van der Waals surface area contributed by atoms with Crippen LogP contribution in [0.4, 0.5) is 0 Å². The van der Waals surface area contributed by atoms with E-state index in [1.165, 1.54) is 13.8 Å². The fraction of sp³-hybridized carbons (Fsp3) is 0.810. The Bertz CT molecular complexity index is 1420. The third-order valence-corrected chi connectivity index (χ3v) is 10.2. The summed E-state index contributed by atoms with van der Waals surface area (Å²) in [6, 6.07) is -8.72. The number of carboxylic acid groups (broad SMARTS) is 1. The molecule has 0 saturated heterocycles. The lowest BCUT2D eigenvalue weighted by atomic mass is 10.0. The van der Waals surface area contributed by atoms with Crippen LogP contribution >= 0.6 is 0 Å². The molecule has 18 N–H and O–H groups in total. The number of nitrogens with one attached hydrogen (secondary N) is 7. The van der Waals surface area contributed by atoms with Gasteiger partial charge in [-0.25, -0.2) is 4.79 Å². The first-order valence-corrected chi connectivity index (χ1v) is 22.6. The average molecular weight is 899 g/mol. The van der Waals surface area contributed by atoms with Crippen LogP contribution in [0.2, 0.25) is 0 Å². The Labute approximate surface area is 373 Å². The van der Waals surface area contributed by atoms with Crippen molar-refractivity contribution in [2.24, 2.45) is 40.5 Å². The first-order valence-electron chi connectivity index (χ1n) is 22.6. The standard InChI is InChI=1S/C42H82N12O9/c1-25(2)23-33(53-37(57)29(47)15-7-11-19-43)40(60)48-27(5)36(56)51-31(17-9-13-21-45)39(59)54-34(24-26(3)4)41(61)49-28(6)35(55)50-30(16-8-12-20-44)38(58)52-32(42(62)63)18-10-14-22-46/h25-34H,7-24,43-47H2,1-6H3,(H,48,60)(H,49,61)(H,50,55)(H,51,56)(H,52,58)(H,53,57)(H,54,59)(H,62,63)/t27-,28-,29-,30-,31-,32-,33-,34-/m0/s1. The number of hydrogen-bond donors (Lipinski definition) is 13. The van der Waals surface area contributed by atoms with Crippen molar-refractivity contribution in [3.05, 3.63) is 0 Å². The van der Waals surface area contributed by atoms with E-state index in [-0.39, 0.29) is 43.9 Å². The maximum atomic E-state index is 13.8. The minimum atomic E-state index is -1.22. The Morgan fingerprint density at radius 2 is 0.667 bits per heavy atom. The summed E-state index contributed by atoms with van der Waals surface area (Å²) in [5.74, 6) is -5.89. The predicted molar refractivity (Wildman–Crippen MR) is 241 cm³/mol. The first kappa shape index (κ1) is 58.6. The summed E-state index contributed by atoms with van der Waals surface area (Å²) in [6.07, 6.45) is 5.69. The number of carbonyl (C=O) groups excluding carboxylic acids is 7. The smallest absolute Gasteiger partial charge is 0.326 e. The normalized spacial score (nSPS) is 15.1. The third-order valence-electron chi connectivity index (χ3n) is 10.2. The molecule has 0 spiro atoms. The van der Waals surface area contributed by atoms with E-state index >= 15 is 0 Å². The van der Waals surface area contributed by atoms with Gasteiger partial charge < -0.3 is 71.0 Å². The van der Waals surface area contributed by atoms with Gasteiger partial charge in [0.15, 0.2) is 0 Å². The second-order valence-corrected chi connectivity index (χ2v) is 17.1. The van der Waals surface area contributed by atoms with Gasteiger partial charge in [0, 0.05) is 0 Å². The second-order valence-electron chi connectivity index (χ2n) is 17.1. The predicted octanol–water partition coefficient (Wildman–Crippen LogP) is -1.56. The number of carbonyl (C=O) groups is 8. The summed E-state index contributed by atoms with van der Waals surface area (Å²) in [7, 11) is 0. The molecule has 0 bridgehead atoms. The molecular weight excluding hydrogens is 817 g/mol. The van der Waals surface area contributed by atoms with Crippen molar-refractivity contribution in [3.8, 4) is 0 Å². The van der Waals surface area contributed by atoms with E-state index in [0.717, 1.165) is 0 Å². The molecule has 63 heavy (non-hydrogen) atoms.